The number of hydroxylamine groups is 1. The van der Waals surface area contributed by atoms with E-state index in [-0.39, 0.29) is 0 Å². The number of halogens is 3. The molecule has 2 aliphatic heterocycles. The summed E-state index contributed by atoms with van der Waals surface area (Å²) in [6, 6.07) is 0.503. The van der Waals surface area contributed by atoms with Crippen LogP contribution in [-0.2, 0) is 14.4 Å². The lowest BCUT2D eigenvalue weighted by molar-refractivity contribution is -0.192. The summed E-state index contributed by atoms with van der Waals surface area (Å²) in [5.74, 6) is -2.76. The summed E-state index contributed by atoms with van der Waals surface area (Å²) in [7, 11) is 0. The fourth-order valence-electron chi connectivity index (χ4n) is 1.57. The minimum Gasteiger partial charge on any atom is -0.475 e. The molecule has 3 N–H and O–H groups in total. The first kappa shape index (κ1) is 17.2. The summed E-state index contributed by atoms with van der Waals surface area (Å²) in [6.45, 7) is 3.63. The lowest BCUT2D eigenvalue weighted by Gasteiger charge is -2.29. The summed E-state index contributed by atoms with van der Waals surface area (Å²) >= 11 is 0. The third-order valence-electron chi connectivity index (χ3n) is 2.82. The van der Waals surface area contributed by atoms with Crippen LogP contribution in [0.3, 0.4) is 0 Å². The molecule has 2 aliphatic rings. The zero-order chi connectivity index (χ0) is 15.0. The normalized spacial score (nSPS) is 23.4. The Hall–Kier alpha value is -0.900. The highest BCUT2D eigenvalue weighted by Crippen LogP contribution is 2.13. The topological polar surface area (TPSA) is 79.8 Å². The second kappa shape index (κ2) is 8.40. The number of hydrogen-bond donors (Lipinski definition) is 3. The number of hydrogen-bond acceptors (Lipinski definition) is 5. The van der Waals surface area contributed by atoms with Crippen LogP contribution in [0.2, 0.25) is 0 Å². The van der Waals surface area contributed by atoms with Crippen molar-refractivity contribution in [3.05, 3.63) is 0 Å². The van der Waals surface area contributed by atoms with Gasteiger partial charge in [-0.25, -0.2) is 4.79 Å². The maximum atomic E-state index is 10.6. The van der Waals surface area contributed by atoms with E-state index >= 15 is 0 Å². The smallest absolute Gasteiger partial charge is 0.475 e. The first-order chi connectivity index (χ1) is 9.39. The van der Waals surface area contributed by atoms with Crippen molar-refractivity contribution in [1.29, 1.82) is 0 Å². The maximum Gasteiger partial charge on any atom is 0.490 e. The maximum absolute atomic E-state index is 10.6. The Bertz CT molecular complexity index is 292. The summed E-state index contributed by atoms with van der Waals surface area (Å²) in [6.07, 6.45) is -1.14. The van der Waals surface area contributed by atoms with Gasteiger partial charge in [0.1, 0.15) is 0 Å². The van der Waals surface area contributed by atoms with Crippen molar-refractivity contribution < 1.29 is 32.6 Å². The number of rotatable bonds is 4. The minimum atomic E-state index is -5.08. The van der Waals surface area contributed by atoms with Crippen LogP contribution in [0.4, 0.5) is 13.2 Å². The van der Waals surface area contributed by atoms with Gasteiger partial charge in [-0.1, -0.05) is 0 Å². The van der Waals surface area contributed by atoms with Gasteiger partial charge in [0, 0.05) is 19.7 Å². The van der Waals surface area contributed by atoms with Gasteiger partial charge in [-0.15, -0.1) is 0 Å². The van der Waals surface area contributed by atoms with Gasteiger partial charge in [0.25, 0.3) is 0 Å². The molecule has 118 valence electrons. The standard InChI is InChI=1S/C9H18N2O2.C2HF3O2/c1-2-4-12-9(3-1)7-13-11-8-5-10-6-8;3-2(4,5)1(6)7/h8-11H,1-7H2;(H,6,7)/t9-;/m1./s1. The molecule has 0 unspecified atom stereocenters. The third-order valence-corrected chi connectivity index (χ3v) is 2.82. The molecular formula is C11H19F3N2O4. The van der Waals surface area contributed by atoms with E-state index in [4.69, 9.17) is 19.5 Å². The third kappa shape index (κ3) is 7.04. The fourth-order valence-corrected chi connectivity index (χ4v) is 1.57. The van der Waals surface area contributed by atoms with Crippen LogP contribution < -0.4 is 10.8 Å². The summed E-state index contributed by atoms with van der Waals surface area (Å²) in [5, 5.41) is 10.3. The number of alkyl halides is 3. The summed E-state index contributed by atoms with van der Waals surface area (Å²) in [5.41, 5.74) is 3.02. The molecule has 2 fully saturated rings. The lowest BCUT2D eigenvalue weighted by Crippen LogP contribution is -2.55. The molecular weight excluding hydrogens is 281 g/mol. The Morgan fingerprint density at radius 1 is 1.40 bits per heavy atom. The van der Waals surface area contributed by atoms with E-state index in [0.717, 1.165) is 26.1 Å². The number of carbonyl (C=O) groups is 1. The summed E-state index contributed by atoms with van der Waals surface area (Å²) in [4.78, 5) is 14.3. The lowest BCUT2D eigenvalue weighted by atomic mass is 10.1. The van der Waals surface area contributed by atoms with Crippen molar-refractivity contribution in [2.24, 2.45) is 0 Å². The molecule has 2 heterocycles. The molecule has 6 nitrogen and oxygen atoms in total. The van der Waals surface area contributed by atoms with Crippen molar-refractivity contribution in [3.8, 4) is 0 Å². The van der Waals surface area contributed by atoms with Crippen LogP contribution in [0, 0.1) is 0 Å². The highest BCUT2D eigenvalue weighted by molar-refractivity contribution is 5.73. The molecule has 9 heteroatoms. The Labute approximate surface area is 114 Å². The van der Waals surface area contributed by atoms with Crippen molar-refractivity contribution >= 4 is 5.97 Å². The van der Waals surface area contributed by atoms with E-state index in [2.05, 4.69) is 10.8 Å². The van der Waals surface area contributed by atoms with Gasteiger partial charge in [0.15, 0.2) is 0 Å². The van der Waals surface area contributed by atoms with E-state index in [1.165, 1.54) is 12.8 Å². The molecule has 20 heavy (non-hydrogen) atoms. The quantitative estimate of drug-likeness (QED) is 0.663. The second-order valence-electron chi connectivity index (χ2n) is 4.58. The predicted octanol–water partition coefficient (Wildman–Crippen LogP) is 0.682. The van der Waals surface area contributed by atoms with E-state index in [9.17, 15) is 13.2 Å². The Morgan fingerprint density at radius 3 is 2.45 bits per heavy atom. The number of nitrogens with one attached hydrogen (secondary N) is 2. The number of aliphatic carboxylic acids is 1. The zero-order valence-corrected chi connectivity index (χ0v) is 10.9. The Morgan fingerprint density at radius 2 is 2.05 bits per heavy atom. The molecule has 2 saturated heterocycles. The minimum absolute atomic E-state index is 0.314. The molecule has 2 rings (SSSR count). The van der Waals surface area contributed by atoms with Crippen molar-refractivity contribution in [3.63, 3.8) is 0 Å². The van der Waals surface area contributed by atoms with Crippen LogP contribution in [0.15, 0.2) is 0 Å². The van der Waals surface area contributed by atoms with Gasteiger partial charge in [-0.05, 0) is 19.3 Å². The molecule has 0 amide bonds. The van der Waals surface area contributed by atoms with Crippen LogP contribution >= 0.6 is 0 Å². The van der Waals surface area contributed by atoms with E-state index in [1.807, 2.05) is 0 Å². The fraction of sp³-hybridized carbons (Fsp3) is 0.909. The highest BCUT2D eigenvalue weighted by atomic mass is 19.4. The van der Waals surface area contributed by atoms with Crippen LogP contribution in [0.25, 0.3) is 0 Å². The van der Waals surface area contributed by atoms with Crippen molar-refractivity contribution in [2.45, 2.75) is 37.6 Å². The largest absolute Gasteiger partial charge is 0.490 e. The van der Waals surface area contributed by atoms with Gasteiger partial charge < -0.3 is 15.2 Å². The average molecular weight is 300 g/mol. The molecule has 0 bridgehead atoms. The number of ether oxygens (including phenoxy) is 1. The highest BCUT2D eigenvalue weighted by Gasteiger charge is 2.38. The Kier molecular flexibility index (Phi) is 7.20. The summed E-state index contributed by atoms with van der Waals surface area (Å²) < 4.78 is 37.3. The second-order valence-corrected chi connectivity index (χ2v) is 4.58. The van der Waals surface area contributed by atoms with Gasteiger partial charge in [-0.3, -0.25) is 4.84 Å². The molecule has 0 aromatic rings. The Balaban J connectivity index is 0.000000246. The van der Waals surface area contributed by atoms with Gasteiger partial charge in [0.2, 0.25) is 0 Å². The molecule has 0 spiro atoms. The van der Waals surface area contributed by atoms with Gasteiger partial charge in [0.05, 0.1) is 18.8 Å². The van der Waals surface area contributed by atoms with E-state index in [0.29, 0.717) is 18.8 Å². The van der Waals surface area contributed by atoms with Gasteiger partial charge in [-0.2, -0.15) is 18.7 Å². The molecule has 1 atom stereocenters. The molecule has 0 aromatic heterocycles. The van der Waals surface area contributed by atoms with Crippen LogP contribution in [0.1, 0.15) is 19.3 Å². The molecule has 0 aliphatic carbocycles. The first-order valence-electron chi connectivity index (χ1n) is 6.39. The molecule has 0 radical (unpaired) electrons. The van der Waals surface area contributed by atoms with E-state index in [1.54, 1.807) is 0 Å². The van der Waals surface area contributed by atoms with Crippen molar-refractivity contribution in [1.82, 2.24) is 10.8 Å². The molecule has 0 aromatic carbocycles. The van der Waals surface area contributed by atoms with Crippen LogP contribution in [-0.4, -0.2) is 55.7 Å². The molecule has 0 saturated carbocycles. The van der Waals surface area contributed by atoms with Crippen molar-refractivity contribution in [2.75, 3.05) is 26.3 Å². The average Bonchev–Trinajstić information content (AvgIpc) is 2.33. The predicted molar refractivity (Wildman–Crippen MR) is 63.0 cm³/mol. The number of carboxylic acid groups (broad SMARTS) is 1. The van der Waals surface area contributed by atoms with E-state index < -0.39 is 12.1 Å². The monoisotopic (exact) mass is 300 g/mol. The number of carboxylic acids is 1. The van der Waals surface area contributed by atoms with Gasteiger partial charge >= 0.3 is 12.1 Å². The SMILES string of the molecule is C1CC[C@H](CONC2CNC2)OC1.O=C(O)C(F)(F)F. The zero-order valence-electron chi connectivity index (χ0n) is 10.9. The van der Waals surface area contributed by atoms with Crippen LogP contribution in [0.5, 0.6) is 0 Å². The first-order valence-corrected chi connectivity index (χ1v) is 6.39.